The summed E-state index contributed by atoms with van der Waals surface area (Å²) in [6.45, 7) is 0.166. The van der Waals surface area contributed by atoms with E-state index in [1.807, 2.05) is 0 Å². The average Bonchev–Trinajstić information content (AvgIpc) is 2.34. The molecule has 6 nitrogen and oxygen atoms in total. The molecule has 0 fully saturated rings. The van der Waals surface area contributed by atoms with Crippen LogP contribution in [0.3, 0.4) is 0 Å². The van der Waals surface area contributed by atoms with Gasteiger partial charge in [-0.05, 0) is 24.6 Å². The Kier molecular flexibility index (Phi) is 5.64. The molecule has 1 aromatic carbocycles. The van der Waals surface area contributed by atoms with Gasteiger partial charge in [0.1, 0.15) is 0 Å². The molecule has 1 rings (SSSR count). The number of rotatable bonds is 7. The first-order valence-electron chi connectivity index (χ1n) is 5.46. The van der Waals surface area contributed by atoms with E-state index in [9.17, 15) is 17.4 Å². The highest BCUT2D eigenvalue weighted by atomic mass is 32.2. The lowest BCUT2D eigenvalue weighted by Crippen LogP contribution is -2.25. The van der Waals surface area contributed by atoms with Gasteiger partial charge in [0.05, 0.1) is 10.5 Å². The molecule has 8 heteroatoms. The van der Waals surface area contributed by atoms with E-state index >= 15 is 0 Å². The summed E-state index contributed by atoms with van der Waals surface area (Å²) in [5.74, 6) is -0.768. The molecule has 0 radical (unpaired) electrons. The molecule has 19 heavy (non-hydrogen) atoms. The first kappa shape index (κ1) is 15.8. The molecule has 106 valence electrons. The summed E-state index contributed by atoms with van der Waals surface area (Å²) >= 11 is 0. The summed E-state index contributed by atoms with van der Waals surface area (Å²) < 4.78 is 36.9. The molecule has 0 saturated heterocycles. The maximum Gasteiger partial charge on any atom is 0.335 e. The van der Waals surface area contributed by atoms with E-state index in [0.717, 1.165) is 6.07 Å². The average molecular weight is 305 g/mol. The number of nitrogens with one attached hydrogen (secondary N) is 1. The van der Waals surface area contributed by atoms with Crippen LogP contribution in [0.15, 0.2) is 29.2 Å². The minimum absolute atomic E-state index is 0.0856. The SMILES string of the molecule is CS(=O)CCCNS(=O)(=O)c1cccc(C(=O)O)c1. The molecule has 0 aliphatic rings. The first-order chi connectivity index (χ1) is 8.83. The van der Waals surface area contributed by atoms with Gasteiger partial charge in [-0.2, -0.15) is 0 Å². The van der Waals surface area contributed by atoms with Crippen molar-refractivity contribution < 1.29 is 22.5 Å². The van der Waals surface area contributed by atoms with Crippen LogP contribution in [0.2, 0.25) is 0 Å². The number of carboxylic acids is 1. The van der Waals surface area contributed by atoms with Crippen molar-refractivity contribution in [2.75, 3.05) is 18.6 Å². The van der Waals surface area contributed by atoms with Crippen LogP contribution >= 0.6 is 0 Å². The molecule has 0 aliphatic heterocycles. The van der Waals surface area contributed by atoms with Crippen LogP contribution in [0.5, 0.6) is 0 Å². The zero-order valence-corrected chi connectivity index (χ0v) is 12.0. The van der Waals surface area contributed by atoms with Gasteiger partial charge in [-0.15, -0.1) is 0 Å². The van der Waals surface area contributed by atoms with Crippen LogP contribution in [0.4, 0.5) is 0 Å². The molecule has 0 saturated carbocycles. The van der Waals surface area contributed by atoms with Crippen LogP contribution in [0.1, 0.15) is 16.8 Å². The Balaban J connectivity index is 2.74. The van der Waals surface area contributed by atoms with Crippen LogP contribution in [0, 0.1) is 0 Å². The Morgan fingerprint density at radius 1 is 1.42 bits per heavy atom. The van der Waals surface area contributed by atoms with Gasteiger partial charge in [-0.25, -0.2) is 17.9 Å². The number of sulfonamides is 1. The molecular formula is C11H15NO5S2. The number of benzene rings is 1. The molecule has 1 aromatic rings. The van der Waals surface area contributed by atoms with Crippen molar-refractivity contribution in [3.8, 4) is 0 Å². The van der Waals surface area contributed by atoms with E-state index in [0.29, 0.717) is 12.2 Å². The highest BCUT2D eigenvalue weighted by Crippen LogP contribution is 2.11. The second kappa shape index (κ2) is 6.78. The van der Waals surface area contributed by atoms with Crippen LogP contribution in [0.25, 0.3) is 0 Å². The number of carbonyl (C=O) groups is 1. The van der Waals surface area contributed by atoms with Crippen LogP contribution in [-0.4, -0.2) is 42.3 Å². The minimum Gasteiger partial charge on any atom is -0.478 e. The zero-order valence-electron chi connectivity index (χ0n) is 10.3. The first-order valence-corrected chi connectivity index (χ1v) is 8.67. The van der Waals surface area contributed by atoms with Gasteiger partial charge in [0, 0.05) is 29.4 Å². The highest BCUT2D eigenvalue weighted by Gasteiger charge is 2.15. The smallest absolute Gasteiger partial charge is 0.335 e. The van der Waals surface area contributed by atoms with Gasteiger partial charge < -0.3 is 5.11 Å². The Morgan fingerprint density at radius 3 is 2.68 bits per heavy atom. The lowest BCUT2D eigenvalue weighted by atomic mass is 10.2. The molecular weight excluding hydrogens is 290 g/mol. The third kappa shape index (κ3) is 5.09. The van der Waals surface area contributed by atoms with E-state index in [1.165, 1.54) is 18.2 Å². The van der Waals surface area contributed by atoms with Gasteiger partial charge in [0.15, 0.2) is 0 Å². The number of hydrogen-bond donors (Lipinski definition) is 2. The van der Waals surface area contributed by atoms with E-state index < -0.39 is 26.8 Å². The lowest BCUT2D eigenvalue weighted by Gasteiger charge is -2.06. The third-order valence-corrected chi connectivity index (χ3v) is 4.61. The molecule has 0 bridgehead atoms. The number of carboxylic acid groups (broad SMARTS) is 1. The molecule has 0 spiro atoms. The van der Waals surface area contributed by atoms with Gasteiger partial charge in [-0.3, -0.25) is 4.21 Å². The van der Waals surface area contributed by atoms with Gasteiger partial charge in [0.2, 0.25) is 10.0 Å². The monoisotopic (exact) mass is 305 g/mol. The quantitative estimate of drug-likeness (QED) is 0.712. The van der Waals surface area contributed by atoms with Crippen molar-refractivity contribution in [3.63, 3.8) is 0 Å². The Hall–Kier alpha value is -1.25. The Bertz CT molecular complexity index is 583. The molecule has 1 unspecified atom stereocenters. The fourth-order valence-electron chi connectivity index (χ4n) is 1.36. The third-order valence-electron chi connectivity index (χ3n) is 2.29. The van der Waals surface area contributed by atoms with Gasteiger partial charge in [-0.1, -0.05) is 6.07 Å². The summed E-state index contributed by atoms with van der Waals surface area (Å²) in [7, 11) is -4.69. The molecule has 0 amide bonds. The van der Waals surface area contributed by atoms with Gasteiger partial charge >= 0.3 is 5.97 Å². The molecule has 0 aliphatic carbocycles. The van der Waals surface area contributed by atoms with Crippen molar-refractivity contribution in [3.05, 3.63) is 29.8 Å². The van der Waals surface area contributed by atoms with Crippen LogP contribution in [-0.2, 0) is 20.8 Å². The Morgan fingerprint density at radius 2 is 2.11 bits per heavy atom. The lowest BCUT2D eigenvalue weighted by molar-refractivity contribution is 0.0696. The molecule has 0 heterocycles. The maximum atomic E-state index is 11.9. The fourth-order valence-corrected chi connectivity index (χ4v) is 3.03. The summed E-state index contributed by atoms with van der Waals surface area (Å²) in [6, 6.07) is 5.12. The van der Waals surface area contributed by atoms with Crippen LogP contribution < -0.4 is 4.72 Å². The molecule has 2 N–H and O–H groups in total. The second-order valence-corrected chi connectivity index (χ2v) is 7.18. The summed E-state index contributed by atoms with van der Waals surface area (Å²) in [5, 5.41) is 8.80. The number of hydrogen-bond acceptors (Lipinski definition) is 4. The van der Waals surface area contributed by atoms with E-state index in [1.54, 1.807) is 6.26 Å². The number of aromatic carboxylic acids is 1. The van der Waals surface area contributed by atoms with Crippen molar-refractivity contribution in [2.24, 2.45) is 0 Å². The molecule has 1 atom stereocenters. The zero-order chi connectivity index (χ0) is 14.5. The maximum absolute atomic E-state index is 11.9. The summed E-state index contributed by atoms with van der Waals surface area (Å²) in [5.41, 5.74) is -0.0856. The van der Waals surface area contributed by atoms with Crippen molar-refractivity contribution in [1.82, 2.24) is 4.72 Å². The van der Waals surface area contributed by atoms with Crippen molar-refractivity contribution in [1.29, 1.82) is 0 Å². The van der Waals surface area contributed by atoms with Gasteiger partial charge in [0.25, 0.3) is 0 Å². The molecule has 0 aromatic heterocycles. The van der Waals surface area contributed by atoms with Crippen molar-refractivity contribution in [2.45, 2.75) is 11.3 Å². The van der Waals surface area contributed by atoms with E-state index in [2.05, 4.69) is 4.72 Å². The largest absolute Gasteiger partial charge is 0.478 e. The topological polar surface area (TPSA) is 101 Å². The predicted molar refractivity (Wildman–Crippen MR) is 72.1 cm³/mol. The highest BCUT2D eigenvalue weighted by molar-refractivity contribution is 7.89. The Labute approximate surface area is 114 Å². The standard InChI is InChI=1S/C11H15NO5S2/c1-18(15)7-3-6-12-19(16,17)10-5-2-4-9(8-10)11(13)14/h2,4-5,8,12H,3,6-7H2,1H3,(H,13,14). The fraction of sp³-hybridized carbons (Fsp3) is 0.364. The summed E-state index contributed by atoms with van der Waals surface area (Å²) in [4.78, 5) is 10.7. The summed E-state index contributed by atoms with van der Waals surface area (Å²) in [6.07, 6.45) is 2.01. The second-order valence-electron chi connectivity index (χ2n) is 3.86. The predicted octanol–water partition coefficient (Wildman–Crippen LogP) is 0.432. The van der Waals surface area contributed by atoms with E-state index in [-0.39, 0.29) is 17.0 Å². The van der Waals surface area contributed by atoms with E-state index in [4.69, 9.17) is 5.11 Å². The minimum atomic E-state index is -3.73. The van der Waals surface area contributed by atoms with Crippen molar-refractivity contribution >= 4 is 26.8 Å². The normalized spacial score (nSPS) is 13.1.